The third-order valence-corrected chi connectivity index (χ3v) is 8.76. The smallest absolute Gasteiger partial charge is 0.254 e. The van der Waals surface area contributed by atoms with Gasteiger partial charge in [0.25, 0.3) is 11.8 Å². The van der Waals surface area contributed by atoms with E-state index in [-0.39, 0.29) is 28.8 Å². The molecule has 1 fully saturated rings. The minimum atomic E-state index is -1.61. The zero-order chi connectivity index (χ0) is 28.9. The quantitative estimate of drug-likeness (QED) is 0.355. The van der Waals surface area contributed by atoms with Crippen molar-refractivity contribution in [3.05, 3.63) is 100 Å². The summed E-state index contributed by atoms with van der Waals surface area (Å²) >= 11 is 7.65. The molecule has 0 bridgehead atoms. The van der Waals surface area contributed by atoms with Crippen molar-refractivity contribution in [2.75, 3.05) is 5.88 Å². The average Bonchev–Trinajstić information content (AvgIpc) is 3.26. The van der Waals surface area contributed by atoms with Crippen molar-refractivity contribution in [3.8, 4) is 0 Å². The first-order valence-corrected chi connectivity index (χ1v) is 14.3. The van der Waals surface area contributed by atoms with E-state index < -0.39 is 34.7 Å². The van der Waals surface area contributed by atoms with Gasteiger partial charge in [-0.2, -0.15) is 0 Å². The molecule has 0 unspecified atom stereocenters. The highest BCUT2D eigenvalue weighted by atomic mass is 35.5. The van der Waals surface area contributed by atoms with E-state index in [0.29, 0.717) is 6.54 Å². The van der Waals surface area contributed by atoms with E-state index >= 15 is 0 Å². The van der Waals surface area contributed by atoms with Crippen molar-refractivity contribution in [1.82, 2.24) is 20.5 Å². The number of benzene rings is 2. The molecule has 0 aliphatic carbocycles. The Kier molecular flexibility index (Phi) is 9.50. The van der Waals surface area contributed by atoms with E-state index in [4.69, 9.17) is 11.6 Å². The Morgan fingerprint density at radius 2 is 1.82 bits per heavy atom. The average molecular weight is 581 g/mol. The van der Waals surface area contributed by atoms with Crippen LogP contribution >= 0.6 is 23.4 Å². The van der Waals surface area contributed by atoms with Crippen LogP contribution < -0.4 is 10.6 Å². The van der Waals surface area contributed by atoms with E-state index in [9.17, 15) is 19.5 Å². The van der Waals surface area contributed by atoms with E-state index in [2.05, 4.69) is 15.6 Å². The van der Waals surface area contributed by atoms with Gasteiger partial charge in [0.1, 0.15) is 6.04 Å². The predicted octanol–water partition coefficient (Wildman–Crippen LogP) is 3.74. The Bertz CT molecular complexity index is 1370. The number of pyridine rings is 1. The van der Waals surface area contributed by atoms with Gasteiger partial charge < -0.3 is 20.6 Å². The molecule has 210 valence electrons. The first-order valence-electron chi connectivity index (χ1n) is 13.0. The Morgan fingerprint density at radius 3 is 2.52 bits per heavy atom. The largest absolute Gasteiger partial charge is 0.381 e. The molecule has 2 aromatic carbocycles. The minimum Gasteiger partial charge on any atom is -0.381 e. The van der Waals surface area contributed by atoms with Crippen LogP contribution in [0.5, 0.6) is 0 Å². The maximum Gasteiger partial charge on any atom is 0.254 e. The number of thioether (sulfide) groups is 1. The molecule has 8 nitrogen and oxygen atoms in total. The molecule has 3 N–H and O–H groups in total. The second kappa shape index (κ2) is 12.8. The first-order chi connectivity index (χ1) is 19.1. The number of hydrogen-bond donors (Lipinski definition) is 3. The number of aromatic nitrogens is 1. The fourth-order valence-electron chi connectivity index (χ4n) is 4.74. The predicted molar refractivity (Wildman–Crippen MR) is 157 cm³/mol. The topological polar surface area (TPSA) is 112 Å². The zero-order valence-electron chi connectivity index (χ0n) is 22.6. The van der Waals surface area contributed by atoms with Crippen molar-refractivity contribution in [2.24, 2.45) is 0 Å². The molecule has 4 rings (SSSR count). The van der Waals surface area contributed by atoms with Gasteiger partial charge in [-0.1, -0.05) is 66.2 Å². The van der Waals surface area contributed by atoms with Gasteiger partial charge in [0, 0.05) is 23.7 Å². The van der Waals surface area contributed by atoms with Gasteiger partial charge in [0.05, 0.1) is 22.5 Å². The normalized spacial score (nSPS) is 17.6. The Hall–Kier alpha value is -3.40. The third kappa shape index (κ3) is 6.83. The molecule has 1 aliphatic rings. The summed E-state index contributed by atoms with van der Waals surface area (Å²) in [6.45, 7) is 6.11. The standard InChI is InChI=1S/C30H33ClN4O4S/c1-19-9-7-8-12-21(19)16-33-28(38)26-30(2,3)40-18-35(26)29(39)25(36)24(15-20-10-5-4-6-11-20)34-27(37)22-17-32-14-13-23(22)31/h4-14,17,24-26,36H,15-16,18H2,1-3H3,(H,33,38)(H,34,37)/t24-,25-,26+/m0/s1. The van der Waals surface area contributed by atoms with Crippen LogP contribution in [0.25, 0.3) is 0 Å². The van der Waals surface area contributed by atoms with E-state index in [1.165, 1.54) is 35.1 Å². The zero-order valence-corrected chi connectivity index (χ0v) is 24.2. The second-order valence-electron chi connectivity index (χ2n) is 10.3. The van der Waals surface area contributed by atoms with Crippen LogP contribution in [-0.2, 0) is 22.6 Å². The maximum atomic E-state index is 13.8. The molecule has 0 spiro atoms. The van der Waals surface area contributed by atoms with Gasteiger partial charge >= 0.3 is 0 Å². The van der Waals surface area contributed by atoms with Crippen molar-refractivity contribution in [1.29, 1.82) is 0 Å². The summed E-state index contributed by atoms with van der Waals surface area (Å²) in [7, 11) is 0. The monoisotopic (exact) mass is 580 g/mol. The highest BCUT2D eigenvalue weighted by molar-refractivity contribution is 8.00. The number of carbonyl (C=O) groups is 3. The van der Waals surface area contributed by atoms with Crippen LogP contribution in [0.4, 0.5) is 0 Å². The van der Waals surface area contributed by atoms with E-state index in [0.717, 1.165) is 16.7 Å². The molecule has 0 radical (unpaired) electrons. The number of aliphatic hydroxyl groups excluding tert-OH is 1. The third-order valence-electron chi connectivity index (χ3n) is 7.05. The van der Waals surface area contributed by atoms with Crippen LogP contribution in [0.1, 0.15) is 40.9 Å². The summed E-state index contributed by atoms with van der Waals surface area (Å²) in [6.07, 6.45) is 1.38. The van der Waals surface area contributed by atoms with Crippen LogP contribution in [0, 0.1) is 6.92 Å². The summed E-state index contributed by atoms with van der Waals surface area (Å²) in [6, 6.07) is 16.7. The van der Waals surface area contributed by atoms with Crippen LogP contribution in [0.15, 0.2) is 73.1 Å². The molecule has 3 atom stereocenters. The number of rotatable bonds is 9. The molecule has 3 amide bonds. The van der Waals surface area contributed by atoms with Gasteiger partial charge in [-0.25, -0.2) is 0 Å². The lowest BCUT2D eigenvalue weighted by Gasteiger charge is -2.33. The molecule has 40 heavy (non-hydrogen) atoms. The van der Waals surface area contributed by atoms with Crippen LogP contribution in [-0.4, -0.2) is 61.5 Å². The summed E-state index contributed by atoms with van der Waals surface area (Å²) in [5.41, 5.74) is 2.99. The number of aliphatic hydroxyl groups is 1. The summed E-state index contributed by atoms with van der Waals surface area (Å²) < 4.78 is -0.591. The van der Waals surface area contributed by atoms with E-state index in [1.54, 1.807) is 0 Å². The molecule has 0 saturated carbocycles. The second-order valence-corrected chi connectivity index (χ2v) is 12.3. The summed E-state index contributed by atoms with van der Waals surface area (Å²) in [5, 5.41) is 17.3. The Labute approximate surface area is 243 Å². The van der Waals surface area contributed by atoms with Gasteiger partial charge in [0.2, 0.25) is 5.91 Å². The van der Waals surface area contributed by atoms with Gasteiger partial charge in [-0.05, 0) is 49.9 Å². The van der Waals surface area contributed by atoms with Gasteiger partial charge in [-0.15, -0.1) is 11.8 Å². The number of nitrogens with zero attached hydrogens (tertiary/aromatic N) is 2. The van der Waals surface area contributed by atoms with E-state index in [1.807, 2.05) is 75.4 Å². The van der Waals surface area contributed by atoms with Crippen LogP contribution in [0.3, 0.4) is 0 Å². The fraction of sp³-hybridized carbons (Fsp3) is 0.333. The number of halogens is 1. The highest BCUT2D eigenvalue weighted by Crippen LogP contribution is 2.40. The molecule has 3 aromatic rings. The highest BCUT2D eigenvalue weighted by Gasteiger charge is 2.49. The molecule has 1 aromatic heterocycles. The van der Waals surface area contributed by atoms with Gasteiger partial charge in [-0.3, -0.25) is 19.4 Å². The van der Waals surface area contributed by atoms with Crippen molar-refractivity contribution in [2.45, 2.75) is 56.7 Å². The van der Waals surface area contributed by atoms with Crippen LogP contribution in [0.2, 0.25) is 5.02 Å². The molecular weight excluding hydrogens is 548 g/mol. The van der Waals surface area contributed by atoms with Crippen molar-refractivity contribution in [3.63, 3.8) is 0 Å². The first kappa shape index (κ1) is 29.6. The number of hydrogen-bond acceptors (Lipinski definition) is 6. The molecule has 2 heterocycles. The number of nitrogens with one attached hydrogen (secondary N) is 2. The lowest BCUT2D eigenvalue weighted by Crippen LogP contribution is -2.58. The number of carbonyl (C=O) groups excluding carboxylic acids is 3. The fourth-order valence-corrected chi connectivity index (χ4v) is 6.07. The Morgan fingerprint density at radius 1 is 1.12 bits per heavy atom. The molecular formula is C30H33ClN4O4S. The molecule has 1 saturated heterocycles. The number of aryl methyl sites for hydroxylation is 1. The lowest BCUT2D eigenvalue weighted by molar-refractivity contribution is -0.147. The lowest BCUT2D eigenvalue weighted by atomic mass is 9.97. The van der Waals surface area contributed by atoms with Crippen molar-refractivity contribution < 1.29 is 19.5 Å². The molecule has 1 aliphatic heterocycles. The van der Waals surface area contributed by atoms with Crippen molar-refractivity contribution >= 4 is 41.1 Å². The molecule has 10 heteroatoms. The number of amides is 3. The SMILES string of the molecule is Cc1ccccc1CNC(=O)[C@H]1N(C(=O)[C@@H](O)[C@H](Cc2ccccc2)NC(=O)c2cnccc2Cl)CSC1(C)C. The minimum absolute atomic E-state index is 0.133. The Balaban J connectivity index is 1.55. The maximum absolute atomic E-state index is 13.8. The van der Waals surface area contributed by atoms with Gasteiger partial charge in [0.15, 0.2) is 6.10 Å². The summed E-state index contributed by atoms with van der Waals surface area (Å²) in [4.78, 5) is 45.7. The summed E-state index contributed by atoms with van der Waals surface area (Å²) in [5.74, 6) is -1.27.